The maximum absolute atomic E-state index is 11.4. The SMILES string of the molecule is CNc1ccc(-c2ccc(Oc3cncc(N(C)CCN(C)C(C)=O)n3)cc2)c(C)n1. The molecule has 2 heterocycles. The van der Waals surface area contributed by atoms with Crippen LogP contribution < -0.4 is 15.0 Å². The lowest BCUT2D eigenvalue weighted by atomic mass is 10.0. The lowest BCUT2D eigenvalue weighted by molar-refractivity contribution is -0.127. The monoisotopic (exact) mass is 420 g/mol. The number of likely N-dealkylation sites (N-methyl/N-ethyl adjacent to an activating group) is 2. The van der Waals surface area contributed by atoms with E-state index in [9.17, 15) is 4.79 Å². The highest BCUT2D eigenvalue weighted by Gasteiger charge is 2.09. The van der Waals surface area contributed by atoms with E-state index in [1.54, 1.807) is 31.3 Å². The number of nitrogens with one attached hydrogen (secondary N) is 1. The summed E-state index contributed by atoms with van der Waals surface area (Å²) in [4.78, 5) is 28.3. The van der Waals surface area contributed by atoms with Crippen molar-refractivity contribution in [3.05, 3.63) is 54.5 Å². The number of carbonyl (C=O) groups is 1. The number of hydrogen-bond donors (Lipinski definition) is 1. The molecule has 0 spiro atoms. The third-order valence-corrected chi connectivity index (χ3v) is 5.03. The van der Waals surface area contributed by atoms with Crippen molar-refractivity contribution >= 4 is 17.5 Å². The second-order valence-electron chi connectivity index (χ2n) is 7.28. The summed E-state index contributed by atoms with van der Waals surface area (Å²) in [7, 11) is 5.54. The molecule has 2 aromatic heterocycles. The maximum atomic E-state index is 11.4. The molecule has 162 valence electrons. The van der Waals surface area contributed by atoms with Crippen LogP contribution in [-0.4, -0.2) is 60.0 Å². The first kappa shape index (κ1) is 22.0. The summed E-state index contributed by atoms with van der Waals surface area (Å²) in [5, 5.41) is 3.05. The third-order valence-electron chi connectivity index (χ3n) is 5.03. The molecule has 0 atom stereocenters. The van der Waals surface area contributed by atoms with E-state index in [0.717, 1.165) is 22.6 Å². The van der Waals surface area contributed by atoms with E-state index in [4.69, 9.17) is 4.74 Å². The van der Waals surface area contributed by atoms with Gasteiger partial charge in [0.2, 0.25) is 11.8 Å². The van der Waals surface area contributed by atoms with Gasteiger partial charge in [-0.3, -0.25) is 9.78 Å². The fourth-order valence-corrected chi connectivity index (χ4v) is 2.97. The van der Waals surface area contributed by atoms with Crippen LogP contribution in [0.4, 0.5) is 11.6 Å². The number of anilines is 2. The Bertz CT molecular complexity index is 1040. The fraction of sp³-hybridized carbons (Fsp3) is 0.304. The van der Waals surface area contributed by atoms with Crippen LogP contribution in [0.3, 0.4) is 0 Å². The number of amides is 1. The Morgan fingerprint density at radius 3 is 2.42 bits per heavy atom. The van der Waals surface area contributed by atoms with Gasteiger partial charge in [-0.15, -0.1) is 0 Å². The van der Waals surface area contributed by atoms with Crippen molar-refractivity contribution in [1.82, 2.24) is 19.9 Å². The van der Waals surface area contributed by atoms with Gasteiger partial charge in [-0.05, 0) is 36.8 Å². The molecule has 0 saturated carbocycles. The Balaban J connectivity index is 1.68. The summed E-state index contributed by atoms with van der Waals surface area (Å²) in [6.07, 6.45) is 3.26. The van der Waals surface area contributed by atoms with Crippen molar-refractivity contribution in [3.63, 3.8) is 0 Å². The molecule has 31 heavy (non-hydrogen) atoms. The predicted molar refractivity (Wildman–Crippen MR) is 123 cm³/mol. The highest BCUT2D eigenvalue weighted by atomic mass is 16.5. The van der Waals surface area contributed by atoms with Gasteiger partial charge in [-0.2, -0.15) is 4.98 Å². The van der Waals surface area contributed by atoms with Crippen LogP contribution in [0, 0.1) is 6.92 Å². The predicted octanol–water partition coefficient (Wildman–Crippen LogP) is 3.60. The summed E-state index contributed by atoms with van der Waals surface area (Å²) in [5.74, 6) is 2.64. The highest BCUT2D eigenvalue weighted by molar-refractivity contribution is 5.72. The molecule has 8 heteroatoms. The average Bonchev–Trinajstić information content (AvgIpc) is 2.78. The van der Waals surface area contributed by atoms with Crippen LogP contribution in [0.2, 0.25) is 0 Å². The van der Waals surface area contributed by atoms with Gasteiger partial charge in [0.05, 0.1) is 12.4 Å². The van der Waals surface area contributed by atoms with E-state index in [1.807, 2.05) is 56.3 Å². The smallest absolute Gasteiger partial charge is 0.239 e. The molecule has 1 N–H and O–H groups in total. The lowest BCUT2D eigenvalue weighted by Gasteiger charge is -2.22. The number of rotatable bonds is 8. The maximum Gasteiger partial charge on any atom is 0.239 e. The van der Waals surface area contributed by atoms with Crippen molar-refractivity contribution < 1.29 is 9.53 Å². The van der Waals surface area contributed by atoms with Gasteiger partial charge in [-0.1, -0.05) is 12.1 Å². The van der Waals surface area contributed by atoms with Crippen LogP contribution in [-0.2, 0) is 4.79 Å². The van der Waals surface area contributed by atoms with Crippen molar-refractivity contribution in [3.8, 4) is 22.8 Å². The first-order valence-corrected chi connectivity index (χ1v) is 10.1. The molecular formula is C23H28N6O2. The van der Waals surface area contributed by atoms with Gasteiger partial charge in [0.15, 0.2) is 5.82 Å². The van der Waals surface area contributed by atoms with E-state index < -0.39 is 0 Å². The first-order valence-electron chi connectivity index (χ1n) is 10.1. The van der Waals surface area contributed by atoms with Crippen LogP contribution in [0.25, 0.3) is 11.1 Å². The first-order chi connectivity index (χ1) is 14.9. The molecule has 0 aliphatic rings. The van der Waals surface area contributed by atoms with Gasteiger partial charge < -0.3 is 19.9 Å². The molecule has 0 unspecified atom stereocenters. The molecule has 0 radical (unpaired) electrons. The summed E-state index contributed by atoms with van der Waals surface area (Å²) in [5.41, 5.74) is 3.09. The zero-order valence-electron chi connectivity index (χ0n) is 18.6. The normalized spacial score (nSPS) is 10.5. The Morgan fingerprint density at radius 2 is 1.77 bits per heavy atom. The minimum atomic E-state index is 0.0314. The van der Waals surface area contributed by atoms with Crippen LogP contribution in [0.1, 0.15) is 12.6 Å². The summed E-state index contributed by atoms with van der Waals surface area (Å²) < 4.78 is 5.90. The summed E-state index contributed by atoms with van der Waals surface area (Å²) in [6, 6.07) is 11.8. The highest BCUT2D eigenvalue weighted by Crippen LogP contribution is 2.27. The van der Waals surface area contributed by atoms with E-state index in [1.165, 1.54) is 0 Å². The van der Waals surface area contributed by atoms with Crippen LogP contribution in [0.15, 0.2) is 48.8 Å². The quantitative estimate of drug-likeness (QED) is 0.596. The van der Waals surface area contributed by atoms with E-state index in [2.05, 4.69) is 26.3 Å². The van der Waals surface area contributed by atoms with E-state index in [-0.39, 0.29) is 5.91 Å². The molecular weight excluding hydrogens is 392 g/mol. The van der Waals surface area contributed by atoms with Gasteiger partial charge in [-0.25, -0.2) is 4.98 Å². The Labute approximate surface area is 182 Å². The summed E-state index contributed by atoms with van der Waals surface area (Å²) in [6.45, 7) is 4.79. The number of ether oxygens (including phenoxy) is 1. The average molecular weight is 421 g/mol. The van der Waals surface area contributed by atoms with Gasteiger partial charge in [0.25, 0.3) is 0 Å². The van der Waals surface area contributed by atoms with Crippen molar-refractivity contribution in [2.24, 2.45) is 0 Å². The Morgan fingerprint density at radius 1 is 1.03 bits per heavy atom. The molecule has 0 aliphatic heterocycles. The van der Waals surface area contributed by atoms with Crippen LogP contribution >= 0.6 is 0 Å². The molecule has 1 amide bonds. The minimum absolute atomic E-state index is 0.0314. The van der Waals surface area contributed by atoms with Crippen LogP contribution in [0.5, 0.6) is 11.6 Å². The number of nitrogens with zero attached hydrogens (tertiary/aromatic N) is 5. The zero-order valence-corrected chi connectivity index (χ0v) is 18.6. The fourth-order valence-electron chi connectivity index (χ4n) is 2.97. The van der Waals surface area contributed by atoms with Crippen molar-refractivity contribution in [2.45, 2.75) is 13.8 Å². The molecule has 0 bridgehead atoms. The number of aromatic nitrogens is 3. The molecule has 0 aliphatic carbocycles. The molecule has 0 saturated heterocycles. The summed E-state index contributed by atoms with van der Waals surface area (Å²) >= 11 is 0. The Kier molecular flexibility index (Phi) is 7.02. The van der Waals surface area contributed by atoms with Gasteiger partial charge in [0, 0.05) is 52.4 Å². The number of aryl methyl sites for hydroxylation is 1. The number of benzene rings is 1. The van der Waals surface area contributed by atoms with E-state index in [0.29, 0.717) is 30.5 Å². The second kappa shape index (κ2) is 9.88. The largest absolute Gasteiger partial charge is 0.437 e. The van der Waals surface area contributed by atoms with Crippen molar-refractivity contribution in [2.75, 3.05) is 44.4 Å². The zero-order chi connectivity index (χ0) is 22.4. The van der Waals surface area contributed by atoms with Gasteiger partial charge >= 0.3 is 0 Å². The number of pyridine rings is 1. The number of hydrogen-bond acceptors (Lipinski definition) is 7. The molecule has 3 rings (SSSR count). The minimum Gasteiger partial charge on any atom is -0.437 e. The molecule has 0 fully saturated rings. The lowest BCUT2D eigenvalue weighted by Crippen LogP contribution is -2.33. The van der Waals surface area contributed by atoms with E-state index >= 15 is 0 Å². The molecule has 8 nitrogen and oxygen atoms in total. The topological polar surface area (TPSA) is 83.5 Å². The number of carbonyl (C=O) groups excluding carboxylic acids is 1. The standard InChI is InChI=1S/C23H28N6O2/c1-16-20(10-11-21(24-3)26-16)18-6-8-19(9-7-18)31-23-15-25-14-22(27-23)29(5)13-12-28(4)17(2)30/h6-11,14-15H,12-13H2,1-5H3,(H,24,26). The van der Waals surface area contributed by atoms with Gasteiger partial charge in [0.1, 0.15) is 11.6 Å². The molecule has 1 aromatic carbocycles. The molecule has 3 aromatic rings. The van der Waals surface area contributed by atoms with Crippen molar-refractivity contribution in [1.29, 1.82) is 0 Å². The third kappa shape index (κ3) is 5.69. The Hall–Kier alpha value is -3.68. The second-order valence-corrected chi connectivity index (χ2v) is 7.28.